The molecule has 2 unspecified atom stereocenters. The average molecular weight is 479 g/mol. The van der Waals surface area contributed by atoms with Gasteiger partial charge in [-0.3, -0.25) is 0 Å². The Labute approximate surface area is 206 Å². The van der Waals surface area contributed by atoms with Crippen LogP contribution in [0.15, 0.2) is 42.5 Å². The molecule has 2 atom stereocenters. The molecule has 2 aromatic carbocycles. The number of fused-ring (bicyclic) bond motifs is 6. The summed E-state index contributed by atoms with van der Waals surface area (Å²) in [5.74, 6) is 1.82. The maximum atomic E-state index is 11.8. The van der Waals surface area contributed by atoms with Crippen molar-refractivity contribution in [2.45, 2.75) is 58.3 Å². The number of aryl methyl sites for hydroxylation is 1. The van der Waals surface area contributed by atoms with E-state index >= 15 is 0 Å². The predicted octanol–water partition coefficient (Wildman–Crippen LogP) is 5.76. The maximum absolute atomic E-state index is 11.8. The van der Waals surface area contributed by atoms with Gasteiger partial charge in [-0.25, -0.2) is 9.59 Å². The lowest BCUT2D eigenvalue weighted by molar-refractivity contribution is -0.140. The third kappa shape index (κ3) is 4.93. The molecule has 0 N–H and O–H groups in total. The lowest BCUT2D eigenvalue weighted by Crippen LogP contribution is -2.16. The van der Waals surface area contributed by atoms with Gasteiger partial charge in [0, 0.05) is 33.0 Å². The Hall–Kier alpha value is -3.28. The molecule has 1 saturated carbocycles. The molecule has 6 heteroatoms. The van der Waals surface area contributed by atoms with Crippen LogP contribution in [0.3, 0.4) is 0 Å². The fraction of sp³-hybridized carbons (Fsp3) is 0.448. The van der Waals surface area contributed by atoms with E-state index in [-0.39, 0.29) is 26.4 Å². The largest absolute Gasteiger partial charge is 0.489 e. The van der Waals surface area contributed by atoms with Gasteiger partial charge in [0.15, 0.2) is 0 Å². The van der Waals surface area contributed by atoms with Gasteiger partial charge in [0.1, 0.15) is 37.9 Å². The summed E-state index contributed by atoms with van der Waals surface area (Å²) in [5, 5.41) is 2.07. The number of rotatable bonds is 11. The Balaban J connectivity index is 1.68. The van der Waals surface area contributed by atoms with Crippen LogP contribution in [0, 0.1) is 0 Å². The van der Waals surface area contributed by atoms with E-state index in [0.717, 1.165) is 48.0 Å². The molecule has 2 aliphatic carbocycles. The Morgan fingerprint density at radius 2 is 1.40 bits per heavy atom. The normalized spacial score (nSPS) is 17.7. The second-order valence-corrected chi connectivity index (χ2v) is 9.42. The molecule has 0 radical (unpaired) electrons. The first kappa shape index (κ1) is 24.8. The van der Waals surface area contributed by atoms with Crippen molar-refractivity contribution in [1.82, 2.24) is 0 Å². The molecule has 6 nitrogen and oxygen atoms in total. The number of carbonyl (C=O) groups excluding carboxylic acids is 2. The second kappa shape index (κ2) is 10.5. The molecular formula is C29H34O6. The van der Waals surface area contributed by atoms with E-state index in [1.54, 1.807) is 13.8 Å². The lowest BCUT2D eigenvalue weighted by atomic mass is 9.85. The zero-order valence-corrected chi connectivity index (χ0v) is 20.9. The minimum absolute atomic E-state index is 0.163. The summed E-state index contributed by atoms with van der Waals surface area (Å²) in [4.78, 5) is 23.5. The number of hydrogen-bond acceptors (Lipinski definition) is 6. The minimum Gasteiger partial charge on any atom is -0.489 e. The van der Waals surface area contributed by atoms with Crippen LogP contribution >= 0.6 is 0 Å². The standard InChI is InChI=1S/C29H34O6/c1-6-19-8-7-9-22-23(19)27(33-13-15-35-29(31)18(4)5)25-21-11-10-20(16-21)24(25)26(22)32-12-14-34-28(30)17(2)3/h7-9,20-21H,2,4,6,10-16H2,1,3,5H3. The van der Waals surface area contributed by atoms with Crippen molar-refractivity contribution in [2.24, 2.45) is 0 Å². The highest BCUT2D eigenvalue weighted by atomic mass is 16.6. The highest BCUT2D eigenvalue weighted by Crippen LogP contribution is 2.61. The fourth-order valence-corrected chi connectivity index (χ4v) is 5.30. The van der Waals surface area contributed by atoms with E-state index in [1.807, 2.05) is 6.07 Å². The average Bonchev–Trinajstić information content (AvgIpc) is 3.46. The van der Waals surface area contributed by atoms with E-state index in [2.05, 4.69) is 32.2 Å². The van der Waals surface area contributed by atoms with Gasteiger partial charge in [0.05, 0.1) is 0 Å². The van der Waals surface area contributed by atoms with Crippen LogP contribution in [0.2, 0.25) is 0 Å². The van der Waals surface area contributed by atoms with Crippen molar-refractivity contribution in [3.8, 4) is 11.5 Å². The molecule has 2 aromatic rings. The number of hydrogen-bond donors (Lipinski definition) is 0. The summed E-state index contributed by atoms with van der Waals surface area (Å²) >= 11 is 0. The molecule has 4 rings (SSSR count). The van der Waals surface area contributed by atoms with E-state index in [0.29, 0.717) is 23.0 Å². The molecular weight excluding hydrogens is 444 g/mol. The monoisotopic (exact) mass is 478 g/mol. The summed E-state index contributed by atoms with van der Waals surface area (Å²) in [6, 6.07) is 6.24. The van der Waals surface area contributed by atoms with Crippen LogP contribution in [-0.4, -0.2) is 38.4 Å². The molecule has 0 saturated heterocycles. The number of esters is 2. The van der Waals surface area contributed by atoms with Crippen molar-refractivity contribution in [2.75, 3.05) is 26.4 Å². The van der Waals surface area contributed by atoms with Crippen LogP contribution in [0.5, 0.6) is 11.5 Å². The first-order chi connectivity index (χ1) is 16.8. The first-order valence-electron chi connectivity index (χ1n) is 12.4. The first-order valence-corrected chi connectivity index (χ1v) is 12.4. The Bertz CT molecular complexity index is 1180. The molecule has 1 fully saturated rings. The Kier molecular flexibility index (Phi) is 7.48. The summed E-state index contributed by atoms with van der Waals surface area (Å²) in [5.41, 5.74) is 4.38. The van der Waals surface area contributed by atoms with Crippen LogP contribution in [-0.2, 0) is 25.5 Å². The third-order valence-electron chi connectivity index (χ3n) is 6.85. The van der Waals surface area contributed by atoms with Gasteiger partial charge in [-0.15, -0.1) is 0 Å². The van der Waals surface area contributed by atoms with Gasteiger partial charge in [-0.1, -0.05) is 38.3 Å². The molecule has 0 spiro atoms. The fourth-order valence-electron chi connectivity index (χ4n) is 5.30. The molecule has 0 amide bonds. The molecule has 0 aromatic heterocycles. The van der Waals surface area contributed by atoms with Crippen molar-refractivity contribution in [3.63, 3.8) is 0 Å². The van der Waals surface area contributed by atoms with Crippen molar-refractivity contribution >= 4 is 22.7 Å². The van der Waals surface area contributed by atoms with Crippen molar-refractivity contribution < 1.29 is 28.5 Å². The van der Waals surface area contributed by atoms with Crippen LogP contribution in [0.25, 0.3) is 10.8 Å². The zero-order chi connectivity index (χ0) is 25.1. The van der Waals surface area contributed by atoms with E-state index in [4.69, 9.17) is 18.9 Å². The number of ether oxygens (including phenoxy) is 4. The minimum atomic E-state index is -0.410. The molecule has 0 heterocycles. The topological polar surface area (TPSA) is 71.1 Å². The van der Waals surface area contributed by atoms with Gasteiger partial charge in [-0.2, -0.15) is 0 Å². The summed E-state index contributed by atoms with van der Waals surface area (Å²) in [7, 11) is 0. The quantitative estimate of drug-likeness (QED) is 0.232. The van der Waals surface area contributed by atoms with Gasteiger partial charge in [0.25, 0.3) is 0 Å². The highest BCUT2D eigenvalue weighted by molar-refractivity contribution is 5.99. The zero-order valence-electron chi connectivity index (χ0n) is 20.9. The van der Waals surface area contributed by atoms with Gasteiger partial charge >= 0.3 is 11.9 Å². The van der Waals surface area contributed by atoms with Crippen LogP contribution in [0.1, 0.15) is 68.6 Å². The molecule has 186 valence electrons. The SMILES string of the molecule is C=C(C)C(=O)OCCOc1c2c(c(OCCOC(=O)C(=C)C)c3c(CC)cccc13)C1CCC2C1. The van der Waals surface area contributed by atoms with Gasteiger partial charge in [-0.05, 0) is 56.9 Å². The number of carbonyl (C=O) groups is 2. The smallest absolute Gasteiger partial charge is 0.333 e. The Morgan fingerprint density at radius 3 is 1.94 bits per heavy atom. The molecule has 0 aliphatic heterocycles. The van der Waals surface area contributed by atoms with Gasteiger partial charge < -0.3 is 18.9 Å². The van der Waals surface area contributed by atoms with E-state index in [9.17, 15) is 9.59 Å². The summed E-state index contributed by atoms with van der Waals surface area (Å²) < 4.78 is 23.2. The second-order valence-electron chi connectivity index (χ2n) is 9.42. The third-order valence-corrected chi connectivity index (χ3v) is 6.85. The lowest BCUT2D eigenvalue weighted by Gasteiger charge is -2.26. The Morgan fingerprint density at radius 1 is 0.857 bits per heavy atom. The van der Waals surface area contributed by atoms with Crippen LogP contribution < -0.4 is 9.47 Å². The summed E-state index contributed by atoms with van der Waals surface area (Å²) in [6.07, 6.45) is 4.21. The highest BCUT2D eigenvalue weighted by Gasteiger charge is 2.43. The molecule has 2 aliphatic rings. The maximum Gasteiger partial charge on any atom is 0.333 e. The van der Waals surface area contributed by atoms with Crippen LogP contribution in [0.4, 0.5) is 0 Å². The van der Waals surface area contributed by atoms with Gasteiger partial charge in [0.2, 0.25) is 0 Å². The van der Waals surface area contributed by atoms with E-state index < -0.39 is 11.9 Å². The number of benzene rings is 2. The van der Waals surface area contributed by atoms with Crippen molar-refractivity contribution in [3.05, 3.63) is 59.2 Å². The van der Waals surface area contributed by atoms with Crippen molar-refractivity contribution in [1.29, 1.82) is 0 Å². The predicted molar refractivity (Wildman–Crippen MR) is 135 cm³/mol. The molecule has 35 heavy (non-hydrogen) atoms. The molecule has 2 bridgehead atoms. The summed E-state index contributed by atoms with van der Waals surface area (Å²) in [6.45, 7) is 13.5. The van der Waals surface area contributed by atoms with E-state index in [1.165, 1.54) is 16.7 Å².